The molecule has 116 valence electrons. The number of hydrogen-bond acceptors (Lipinski definition) is 2. The maximum atomic E-state index is 12.0. The molecular weight excluding hydrogens is 309 g/mol. The van der Waals surface area contributed by atoms with E-state index in [9.17, 15) is 4.79 Å². The first-order chi connectivity index (χ1) is 10.2. The van der Waals surface area contributed by atoms with Crippen molar-refractivity contribution in [2.24, 2.45) is 0 Å². The summed E-state index contributed by atoms with van der Waals surface area (Å²) in [4.78, 5) is 12.0. The Morgan fingerprint density at radius 3 is 2.71 bits per heavy atom. The van der Waals surface area contributed by atoms with Crippen molar-refractivity contribution in [1.82, 2.24) is 5.32 Å². The number of amides is 1. The fraction of sp³-hybridized carbons (Fsp3) is 0.562. The van der Waals surface area contributed by atoms with Crippen molar-refractivity contribution in [3.05, 3.63) is 33.8 Å². The van der Waals surface area contributed by atoms with Gasteiger partial charge in [-0.1, -0.05) is 42.5 Å². The van der Waals surface area contributed by atoms with Crippen molar-refractivity contribution >= 4 is 29.1 Å². The van der Waals surface area contributed by atoms with Gasteiger partial charge in [-0.15, -0.1) is 0 Å². The number of rotatable bonds is 6. The molecule has 2 rings (SSSR count). The number of hydrogen-bond donors (Lipinski definition) is 1. The van der Waals surface area contributed by atoms with Crippen LogP contribution in [0.25, 0.3) is 0 Å². The lowest BCUT2D eigenvalue weighted by Crippen LogP contribution is -2.26. The van der Waals surface area contributed by atoms with Gasteiger partial charge < -0.3 is 10.1 Å². The Morgan fingerprint density at radius 2 is 2.00 bits per heavy atom. The lowest BCUT2D eigenvalue weighted by molar-refractivity contribution is 0.0273. The standard InChI is InChI=1S/C16H21Cl2NO2/c17-12-7-8-14(15(18)11-12)16(20)19-9-4-10-21-13-5-2-1-3-6-13/h7-8,11,13H,1-6,9-10H2,(H,19,20). The Hall–Kier alpha value is -0.770. The van der Waals surface area contributed by atoms with Crippen LogP contribution in [0, 0.1) is 0 Å². The second-order valence-corrected chi connectivity index (χ2v) is 6.21. The fourth-order valence-electron chi connectivity index (χ4n) is 2.52. The van der Waals surface area contributed by atoms with Gasteiger partial charge in [-0.25, -0.2) is 0 Å². The van der Waals surface area contributed by atoms with Crippen LogP contribution in [0.2, 0.25) is 10.0 Å². The average Bonchev–Trinajstić information content (AvgIpc) is 2.47. The summed E-state index contributed by atoms with van der Waals surface area (Å²) in [6.45, 7) is 1.28. The minimum absolute atomic E-state index is 0.172. The number of benzene rings is 1. The van der Waals surface area contributed by atoms with Crippen LogP contribution in [-0.2, 0) is 4.74 Å². The average molecular weight is 330 g/mol. The molecule has 1 aromatic carbocycles. The molecular formula is C16H21Cl2NO2. The molecule has 0 aliphatic heterocycles. The van der Waals surface area contributed by atoms with Gasteiger partial charge >= 0.3 is 0 Å². The second kappa shape index (κ2) is 8.62. The van der Waals surface area contributed by atoms with Crippen molar-refractivity contribution in [3.63, 3.8) is 0 Å². The van der Waals surface area contributed by atoms with E-state index in [0.29, 0.717) is 34.9 Å². The predicted octanol–water partition coefficient (Wildman–Crippen LogP) is 4.46. The van der Waals surface area contributed by atoms with Gasteiger partial charge in [0.1, 0.15) is 0 Å². The van der Waals surface area contributed by atoms with E-state index in [-0.39, 0.29) is 5.91 Å². The lowest BCUT2D eigenvalue weighted by atomic mass is 9.98. The summed E-state index contributed by atoms with van der Waals surface area (Å²) in [7, 11) is 0. The van der Waals surface area contributed by atoms with E-state index in [1.807, 2.05) is 0 Å². The highest BCUT2D eigenvalue weighted by Gasteiger charge is 2.13. The first kappa shape index (κ1) is 16.6. The third kappa shape index (κ3) is 5.50. The van der Waals surface area contributed by atoms with Gasteiger partial charge in [0.05, 0.1) is 16.7 Å². The summed E-state index contributed by atoms with van der Waals surface area (Å²) < 4.78 is 5.82. The number of nitrogens with one attached hydrogen (secondary N) is 1. The van der Waals surface area contributed by atoms with Crippen molar-refractivity contribution in [2.45, 2.75) is 44.6 Å². The van der Waals surface area contributed by atoms with Gasteiger partial charge in [0, 0.05) is 18.2 Å². The molecule has 1 saturated carbocycles. The minimum Gasteiger partial charge on any atom is -0.378 e. The lowest BCUT2D eigenvalue weighted by Gasteiger charge is -2.21. The molecule has 0 unspecified atom stereocenters. The van der Waals surface area contributed by atoms with E-state index in [0.717, 1.165) is 6.42 Å². The van der Waals surface area contributed by atoms with E-state index in [1.54, 1.807) is 18.2 Å². The highest BCUT2D eigenvalue weighted by Crippen LogP contribution is 2.21. The smallest absolute Gasteiger partial charge is 0.252 e. The summed E-state index contributed by atoms with van der Waals surface area (Å²) in [6, 6.07) is 4.87. The largest absolute Gasteiger partial charge is 0.378 e. The van der Waals surface area contributed by atoms with Gasteiger partial charge in [0.15, 0.2) is 0 Å². The summed E-state index contributed by atoms with van der Waals surface area (Å²) in [5.74, 6) is -0.172. The van der Waals surface area contributed by atoms with E-state index >= 15 is 0 Å². The Kier molecular flexibility index (Phi) is 6.81. The van der Waals surface area contributed by atoms with Crippen molar-refractivity contribution in [2.75, 3.05) is 13.2 Å². The normalized spacial score (nSPS) is 15.9. The summed E-state index contributed by atoms with van der Waals surface area (Å²) >= 11 is 11.8. The Labute approximate surface area is 136 Å². The molecule has 1 amide bonds. The zero-order chi connectivity index (χ0) is 15.1. The fourth-order valence-corrected chi connectivity index (χ4v) is 3.02. The maximum Gasteiger partial charge on any atom is 0.252 e. The van der Waals surface area contributed by atoms with Gasteiger partial charge in [0.25, 0.3) is 5.91 Å². The van der Waals surface area contributed by atoms with Crippen LogP contribution in [0.3, 0.4) is 0 Å². The molecule has 1 aliphatic rings. The van der Waals surface area contributed by atoms with E-state index < -0.39 is 0 Å². The van der Waals surface area contributed by atoms with Crippen LogP contribution in [0.1, 0.15) is 48.9 Å². The zero-order valence-electron chi connectivity index (χ0n) is 12.0. The molecule has 1 fully saturated rings. The first-order valence-electron chi connectivity index (χ1n) is 7.51. The molecule has 0 aromatic heterocycles. The highest BCUT2D eigenvalue weighted by molar-refractivity contribution is 6.36. The topological polar surface area (TPSA) is 38.3 Å². The zero-order valence-corrected chi connectivity index (χ0v) is 13.6. The van der Waals surface area contributed by atoms with Crippen LogP contribution in [0.15, 0.2) is 18.2 Å². The highest BCUT2D eigenvalue weighted by atomic mass is 35.5. The van der Waals surface area contributed by atoms with Crippen LogP contribution < -0.4 is 5.32 Å². The van der Waals surface area contributed by atoms with E-state index in [1.165, 1.54) is 32.1 Å². The van der Waals surface area contributed by atoms with Gasteiger partial charge in [-0.3, -0.25) is 4.79 Å². The van der Waals surface area contributed by atoms with Crippen LogP contribution >= 0.6 is 23.2 Å². The van der Waals surface area contributed by atoms with Gasteiger partial charge in [-0.2, -0.15) is 0 Å². The second-order valence-electron chi connectivity index (χ2n) is 5.36. The number of halogens is 2. The summed E-state index contributed by atoms with van der Waals surface area (Å²) in [5.41, 5.74) is 0.453. The van der Waals surface area contributed by atoms with Crippen LogP contribution in [-0.4, -0.2) is 25.2 Å². The van der Waals surface area contributed by atoms with E-state index in [4.69, 9.17) is 27.9 Å². The molecule has 3 nitrogen and oxygen atoms in total. The van der Waals surface area contributed by atoms with Crippen molar-refractivity contribution < 1.29 is 9.53 Å². The van der Waals surface area contributed by atoms with Crippen molar-refractivity contribution in [1.29, 1.82) is 0 Å². The van der Waals surface area contributed by atoms with E-state index in [2.05, 4.69) is 5.32 Å². The Balaban J connectivity index is 1.64. The molecule has 0 spiro atoms. The number of ether oxygens (including phenoxy) is 1. The quantitative estimate of drug-likeness (QED) is 0.782. The molecule has 21 heavy (non-hydrogen) atoms. The number of carbonyl (C=O) groups excluding carboxylic acids is 1. The van der Waals surface area contributed by atoms with Gasteiger partial charge in [-0.05, 0) is 37.5 Å². The van der Waals surface area contributed by atoms with Gasteiger partial charge in [0.2, 0.25) is 0 Å². The van der Waals surface area contributed by atoms with Crippen LogP contribution in [0.5, 0.6) is 0 Å². The molecule has 1 aromatic rings. The molecule has 1 N–H and O–H groups in total. The molecule has 0 heterocycles. The first-order valence-corrected chi connectivity index (χ1v) is 8.27. The molecule has 1 aliphatic carbocycles. The Morgan fingerprint density at radius 1 is 1.24 bits per heavy atom. The van der Waals surface area contributed by atoms with Crippen LogP contribution in [0.4, 0.5) is 0 Å². The molecule has 0 bridgehead atoms. The molecule has 0 radical (unpaired) electrons. The van der Waals surface area contributed by atoms with Crippen molar-refractivity contribution in [3.8, 4) is 0 Å². The predicted molar refractivity (Wildman–Crippen MR) is 86.2 cm³/mol. The number of carbonyl (C=O) groups is 1. The summed E-state index contributed by atoms with van der Waals surface area (Å²) in [5, 5.41) is 3.75. The minimum atomic E-state index is -0.172. The molecule has 5 heteroatoms. The SMILES string of the molecule is O=C(NCCCOC1CCCCC1)c1ccc(Cl)cc1Cl. The molecule has 0 saturated heterocycles. The molecule has 0 atom stereocenters. The third-order valence-electron chi connectivity index (χ3n) is 3.69. The monoisotopic (exact) mass is 329 g/mol. The summed E-state index contributed by atoms with van der Waals surface area (Å²) in [6.07, 6.45) is 7.46. The maximum absolute atomic E-state index is 12.0. The third-order valence-corrected chi connectivity index (χ3v) is 4.24. The Bertz CT molecular complexity index is 473.